The van der Waals surface area contributed by atoms with Gasteiger partial charge >= 0.3 is 18.1 Å². The van der Waals surface area contributed by atoms with Gasteiger partial charge in [-0.2, -0.15) is 20.3 Å². The summed E-state index contributed by atoms with van der Waals surface area (Å²) in [5.41, 5.74) is 11.5. The second-order valence-corrected chi connectivity index (χ2v) is 38.0. The summed E-state index contributed by atoms with van der Waals surface area (Å²) in [6.45, 7) is 6.34. The molecule has 0 spiro atoms. The molecule has 13 amide bonds. The fourth-order valence-electron chi connectivity index (χ4n) is 20.9. The van der Waals surface area contributed by atoms with Crippen LogP contribution in [-0.4, -0.2) is 291 Å². The number of fused-ring (bicyclic) bond motifs is 6. The van der Waals surface area contributed by atoms with Gasteiger partial charge in [0.25, 0.3) is 5.91 Å². The van der Waals surface area contributed by atoms with Crippen LogP contribution < -0.4 is 21.3 Å². The zero-order valence-corrected chi connectivity index (χ0v) is 82.8. The number of hydrazine groups is 3. The minimum absolute atomic E-state index is 0. The predicted molar refractivity (Wildman–Crippen MR) is 564 cm³/mol. The summed E-state index contributed by atoms with van der Waals surface area (Å²) in [7, 11) is 3.39. The highest BCUT2D eigenvalue weighted by Gasteiger charge is 2.55. The number of rotatable bonds is 27. The van der Waals surface area contributed by atoms with Gasteiger partial charge in [0.05, 0.1) is 94.4 Å². The normalized spacial score (nSPS) is 18.5. The Kier molecular flexibility index (Phi) is 32.9. The van der Waals surface area contributed by atoms with Crippen LogP contribution in [0.1, 0.15) is 92.7 Å². The van der Waals surface area contributed by atoms with Crippen molar-refractivity contribution >= 4 is 92.2 Å². The lowest BCUT2D eigenvalue weighted by atomic mass is 9.98. The summed E-state index contributed by atoms with van der Waals surface area (Å²) in [4.78, 5) is 151. The van der Waals surface area contributed by atoms with Gasteiger partial charge in [-0.1, -0.05) is 220 Å². The molecule has 6 atom stereocenters. The largest absolute Gasteiger partial charge is 0.508 e. The third-order valence-corrected chi connectivity index (χ3v) is 28.1. The topological polar surface area (TPSA) is 375 Å². The average molecular weight is 2020 g/mol. The Morgan fingerprint density at radius 3 is 1.26 bits per heavy atom. The smallest absolute Gasteiger partial charge is 0.334 e. The number of benzene rings is 10. The Morgan fingerprint density at radius 1 is 0.400 bits per heavy atom. The zero-order chi connectivity index (χ0) is 104. The molecule has 36 nitrogen and oxygen atoms in total. The van der Waals surface area contributed by atoms with Gasteiger partial charge in [-0.3, -0.25) is 47.6 Å². The highest BCUT2D eigenvalue weighted by Crippen LogP contribution is 2.37. The first-order valence-electron chi connectivity index (χ1n) is 49.8. The van der Waals surface area contributed by atoms with Crippen LogP contribution in [0.5, 0.6) is 17.2 Å². The molecule has 7 N–H and O–H groups in total. The Bertz CT molecular complexity index is 7210. The second kappa shape index (κ2) is 47.4. The summed E-state index contributed by atoms with van der Waals surface area (Å²) in [6.07, 6.45) is 24.1. The lowest BCUT2D eigenvalue weighted by molar-refractivity contribution is -0.189. The van der Waals surface area contributed by atoms with Gasteiger partial charge in [0, 0.05) is 107 Å². The highest BCUT2D eigenvalue weighted by atomic mass is 16.3. The van der Waals surface area contributed by atoms with E-state index in [0.29, 0.717) is 25.2 Å². The van der Waals surface area contributed by atoms with Gasteiger partial charge in [-0.15, -0.1) is 19.3 Å². The number of aromatic nitrogens is 6. The number of likely N-dealkylation sites (N-methyl/N-ethyl adjacent to an activating group) is 2. The highest BCUT2D eigenvalue weighted by molar-refractivity contribution is 5.97. The van der Waals surface area contributed by atoms with E-state index in [1.54, 1.807) is 154 Å². The molecule has 0 unspecified atom stereocenters. The van der Waals surface area contributed by atoms with E-state index >= 15 is 0 Å². The van der Waals surface area contributed by atoms with E-state index in [1.807, 2.05) is 173 Å². The van der Waals surface area contributed by atoms with Crippen molar-refractivity contribution in [3.05, 3.63) is 322 Å². The molecule has 0 bridgehead atoms. The Morgan fingerprint density at radius 2 is 0.800 bits per heavy atom. The van der Waals surface area contributed by atoms with E-state index in [0.717, 1.165) is 115 Å². The zero-order valence-electron chi connectivity index (χ0n) is 82.8. The third kappa shape index (κ3) is 23.5. The second-order valence-electron chi connectivity index (χ2n) is 38.0. The monoisotopic (exact) mass is 2020 g/mol. The number of phenolic OH excluding ortho intramolecular Hbond substituents is 3. The fourth-order valence-corrected chi connectivity index (χ4v) is 20.9. The number of phenols is 3. The van der Waals surface area contributed by atoms with Gasteiger partial charge in [-0.25, -0.2) is 39.4 Å². The number of urea groups is 3. The van der Waals surface area contributed by atoms with Gasteiger partial charge in [-0.05, 0) is 136 Å². The Balaban J connectivity index is 0.000000153. The first kappa shape index (κ1) is 104. The summed E-state index contributed by atoms with van der Waals surface area (Å²) in [6, 6.07) is 69.6. The van der Waals surface area contributed by atoms with Crippen molar-refractivity contribution in [2.75, 3.05) is 86.1 Å². The van der Waals surface area contributed by atoms with Crippen LogP contribution in [0.25, 0.3) is 32.7 Å². The molecule has 7 fully saturated rings. The number of nitrogens with one attached hydrogen (secondary N) is 4. The van der Waals surface area contributed by atoms with E-state index in [1.165, 1.54) is 34.3 Å². The molecule has 36 heteroatoms. The molecule has 150 heavy (non-hydrogen) atoms. The number of amides is 13. The van der Waals surface area contributed by atoms with Crippen LogP contribution in [-0.2, 0) is 107 Å². The molecule has 0 aliphatic carbocycles. The first-order valence-corrected chi connectivity index (χ1v) is 49.8. The summed E-state index contributed by atoms with van der Waals surface area (Å²) in [5.74, 6) is 6.19. The number of likely N-dealkylation sites (tertiary alicyclic amines) is 1. The summed E-state index contributed by atoms with van der Waals surface area (Å²) >= 11 is 0. The van der Waals surface area contributed by atoms with Gasteiger partial charge in [0.2, 0.25) is 35.4 Å². The lowest BCUT2D eigenvalue weighted by Gasteiger charge is -2.55. The molecule has 10 aromatic carbocycles. The summed E-state index contributed by atoms with van der Waals surface area (Å²) in [5, 5.41) is 67.5. The maximum absolute atomic E-state index is 14.5. The molecule has 0 saturated carbocycles. The third-order valence-electron chi connectivity index (χ3n) is 28.1. The van der Waals surface area contributed by atoms with Gasteiger partial charge < -0.3 is 70.9 Å². The molecule has 20 rings (SSSR count). The number of carbonyl (C=O) groups excluding carboxylic acids is 10. The number of aromatic hydroxyl groups is 3. The average Bonchev–Trinajstić information content (AvgIpc) is 0.858. The van der Waals surface area contributed by atoms with Crippen molar-refractivity contribution in [2.24, 2.45) is 0 Å². The van der Waals surface area contributed by atoms with E-state index < -0.39 is 48.7 Å². The first-order chi connectivity index (χ1) is 72.4. The molecular weight excluding hydrogens is 1900 g/mol. The molecule has 7 saturated heterocycles. The van der Waals surface area contributed by atoms with Crippen LogP contribution in [0, 0.1) is 37.0 Å². The number of terminal acetylenes is 3. The van der Waals surface area contributed by atoms with E-state index in [2.05, 4.69) is 60.2 Å². The van der Waals surface area contributed by atoms with Crippen LogP contribution >= 0.6 is 0 Å². The molecule has 10 heterocycles. The molecule has 7 aliphatic rings. The Labute approximate surface area is 869 Å². The maximum atomic E-state index is 14.5. The Hall–Kier alpha value is -17.4. The number of hydrogen-bond acceptors (Lipinski definition) is 20. The van der Waals surface area contributed by atoms with Crippen LogP contribution in [0.4, 0.5) is 14.4 Å². The minimum atomic E-state index is -0.905. The van der Waals surface area contributed by atoms with E-state index in [4.69, 9.17) is 24.4 Å². The van der Waals surface area contributed by atoms with Crippen molar-refractivity contribution in [1.82, 2.24) is 115 Å². The lowest BCUT2D eigenvalue weighted by Crippen LogP contribution is -2.76. The molecular formula is C114H121N23O13. The number of nitrogens with zero attached hydrogens (tertiary/aromatic N) is 19. The van der Waals surface area contributed by atoms with Crippen molar-refractivity contribution in [2.45, 2.75) is 141 Å². The number of carbonyl (C=O) groups is 10. The van der Waals surface area contributed by atoms with Crippen molar-refractivity contribution in [3.8, 4) is 54.3 Å². The minimum Gasteiger partial charge on any atom is -0.508 e. The molecule has 13 aromatic rings. The predicted octanol–water partition coefficient (Wildman–Crippen LogP) is 9.94. The van der Waals surface area contributed by atoms with Gasteiger partial charge in [0.15, 0.2) is 0 Å². The molecule has 7 aliphatic heterocycles. The number of piperidine rings is 1. The molecule has 0 radical (unpaired) electrons. The SMILES string of the molecule is C.C#CCN1CC(=O)N2[C@@H](Cc3ccc(O)cc3)C(=O)N(Cc3cccc4c3cnn4CCN3CCCCC3)C[C@@H]2N1C(=O)NCc1ccccc1.C#CCNC(=O)c1ccccc1Cn1ncc2c(CN3C[C@H]4N(C(=O)CN(C)N4C(=O)NCc4ccccc4)[C@@H](Cc4ccc(O)cc4)C3=O)cccc21.C#CCn1cc2cccc(CN3C[C@H]4N(C(=O)CN(C)N4C(=O)NCc4ccccc4)[C@@H](Cc4ccc(O)cc4)C3=O)c2n1. The number of piperazine rings is 3. The summed E-state index contributed by atoms with van der Waals surface area (Å²) < 4.78 is 5.54. The van der Waals surface area contributed by atoms with E-state index in [-0.39, 0.29) is 176 Å². The molecule has 3 aromatic heterocycles. The van der Waals surface area contributed by atoms with Crippen LogP contribution in [0.15, 0.2) is 261 Å². The van der Waals surface area contributed by atoms with E-state index in [9.17, 15) is 63.3 Å². The standard InChI is InChI=1S/C41H40N8O5.C39H44N8O4.C33H33N7O4.CH4/c1-3-20-42-39(52)33-14-8-7-12-31(33)25-47-35-15-9-13-30(34(35)23-44-47)24-46-26-37-48(36(40(46)53)21-28-16-18-32(50)19-17-28)38(51)27-45(2)49(37)41(54)43-22-29-10-5-4-6-11-29;1-2-18-44-28-37(49)46-35(23-29-14-16-32(48)17-15-29)38(50)43(27-36(46)47(44)39(51)40-24-30-10-5-3-6-11-30)26-31-12-9-13-34-33(31)25-41-45(34)22-21-42-19-7-4-8-20-42;1-3-16-38-20-26-11-7-10-25(31(26)35-38)19-37-21-29-39(28(32(37)43)17-23-12-14-27(41)15-13-23)30(42)22-36(2)40(29)33(44)34-18-24-8-5-4-6-9-24;/h1,4-19,23,36-37,50H,20-22,24-27H2,2H3,(H,42,52)(H,43,54);1,3,5-6,9-17,25,35-36,48H,4,7-8,18-24,26-28H2,(H,40,51);1,4-15,20,28-29,41H,16-19,21-22H2,2H3,(H,34,44);1H4/t36-,37-;35-,36-;28-,29-;/m000./s1. The van der Waals surface area contributed by atoms with Crippen molar-refractivity contribution in [3.63, 3.8) is 0 Å². The molecule has 770 valence electrons. The quantitative estimate of drug-likeness (QED) is 0.0235. The van der Waals surface area contributed by atoms with Crippen molar-refractivity contribution < 1.29 is 63.3 Å². The van der Waals surface area contributed by atoms with Crippen molar-refractivity contribution in [1.29, 1.82) is 0 Å². The van der Waals surface area contributed by atoms with Gasteiger partial charge in [0.1, 0.15) is 60.4 Å². The maximum Gasteiger partial charge on any atom is 0.334 e. The van der Waals surface area contributed by atoms with Crippen LogP contribution in [0.2, 0.25) is 0 Å². The number of hydrogen-bond donors (Lipinski definition) is 7. The fraction of sp³-hybridized carbons (Fsp3) is 0.307. The van der Waals surface area contributed by atoms with Crippen LogP contribution in [0.3, 0.4) is 0 Å².